The molecule has 0 spiro atoms. The van der Waals surface area contributed by atoms with E-state index in [-0.39, 0.29) is 5.78 Å². The van der Waals surface area contributed by atoms with Gasteiger partial charge < -0.3 is 0 Å². The van der Waals surface area contributed by atoms with Crippen LogP contribution in [0.2, 0.25) is 10.0 Å². The Morgan fingerprint density at radius 2 is 2.07 bits per heavy atom. The first-order chi connectivity index (χ1) is 6.66. The van der Waals surface area contributed by atoms with E-state index in [4.69, 9.17) is 23.2 Å². The Bertz CT molecular complexity index is 370. The second-order valence-electron chi connectivity index (χ2n) is 3.69. The smallest absolute Gasteiger partial charge is 0.164 e. The van der Waals surface area contributed by atoms with E-state index in [0.29, 0.717) is 27.9 Å². The maximum atomic E-state index is 11.7. The highest BCUT2D eigenvalue weighted by Gasteiger charge is 2.25. The first-order valence-electron chi connectivity index (χ1n) is 4.65. The van der Waals surface area contributed by atoms with Gasteiger partial charge in [0, 0.05) is 17.0 Å². The van der Waals surface area contributed by atoms with Gasteiger partial charge in [0.2, 0.25) is 0 Å². The number of halogens is 2. The highest BCUT2D eigenvalue weighted by atomic mass is 35.5. The second-order valence-corrected chi connectivity index (χ2v) is 4.54. The highest BCUT2D eigenvalue weighted by molar-refractivity contribution is 6.35. The molecule has 0 unspecified atom stereocenters. The standard InChI is InChI=1S/C11H10Cl2O/c12-8-3-4-10(13)9(6-8)11(14)5-7-1-2-7/h3-4,6-7H,1-2,5H2. The molecule has 1 saturated carbocycles. The number of ketones is 1. The van der Waals surface area contributed by atoms with E-state index in [9.17, 15) is 4.79 Å². The summed E-state index contributed by atoms with van der Waals surface area (Å²) in [6, 6.07) is 5.01. The third-order valence-electron chi connectivity index (χ3n) is 2.40. The van der Waals surface area contributed by atoms with Crippen LogP contribution < -0.4 is 0 Å². The van der Waals surface area contributed by atoms with E-state index in [1.54, 1.807) is 18.2 Å². The molecule has 0 saturated heterocycles. The molecule has 0 N–H and O–H groups in total. The molecule has 14 heavy (non-hydrogen) atoms. The average molecular weight is 229 g/mol. The zero-order valence-corrected chi connectivity index (χ0v) is 9.11. The fourth-order valence-corrected chi connectivity index (χ4v) is 1.80. The Balaban J connectivity index is 2.20. The molecule has 3 heteroatoms. The van der Waals surface area contributed by atoms with Gasteiger partial charge in [-0.2, -0.15) is 0 Å². The monoisotopic (exact) mass is 228 g/mol. The molecule has 0 atom stereocenters. The van der Waals surface area contributed by atoms with Crippen molar-refractivity contribution in [1.29, 1.82) is 0 Å². The predicted molar refractivity (Wildman–Crippen MR) is 58.1 cm³/mol. The minimum absolute atomic E-state index is 0.111. The summed E-state index contributed by atoms with van der Waals surface area (Å²) in [6.45, 7) is 0. The van der Waals surface area contributed by atoms with Crippen molar-refractivity contribution < 1.29 is 4.79 Å². The Hall–Kier alpha value is -0.530. The van der Waals surface area contributed by atoms with Gasteiger partial charge in [0.1, 0.15) is 0 Å². The molecule has 1 aliphatic carbocycles. The van der Waals surface area contributed by atoms with Crippen molar-refractivity contribution >= 4 is 29.0 Å². The van der Waals surface area contributed by atoms with Crippen LogP contribution in [0.3, 0.4) is 0 Å². The van der Waals surface area contributed by atoms with E-state index in [0.717, 1.165) is 0 Å². The molecule has 0 aromatic heterocycles. The van der Waals surface area contributed by atoms with E-state index in [1.165, 1.54) is 12.8 Å². The molecule has 0 heterocycles. The quantitative estimate of drug-likeness (QED) is 0.716. The van der Waals surface area contributed by atoms with Crippen molar-refractivity contribution in [3.05, 3.63) is 33.8 Å². The molecule has 0 aliphatic heterocycles. The van der Waals surface area contributed by atoms with Crippen molar-refractivity contribution in [3.63, 3.8) is 0 Å². The van der Waals surface area contributed by atoms with Crippen molar-refractivity contribution in [2.75, 3.05) is 0 Å². The molecule has 1 fully saturated rings. The summed E-state index contributed by atoms with van der Waals surface area (Å²) < 4.78 is 0. The second kappa shape index (κ2) is 3.92. The van der Waals surface area contributed by atoms with Gasteiger partial charge in [-0.15, -0.1) is 0 Å². The maximum Gasteiger partial charge on any atom is 0.164 e. The summed E-state index contributed by atoms with van der Waals surface area (Å²) in [5.41, 5.74) is 0.561. The van der Waals surface area contributed by atoms with Gasteiger partial charge in [0.05, 0.1) is 5.02 Å². The molecular formula is C11H10Cl2O. The SMILES string of the molecule is O=C(CC1CC1)c1cc(Cl)ccc1Cl. The van der Waals surface area contributed by atoms with Crippen molar-refractivity contribution in [3.8, 4) is 0 Å². The Kier molecular flexibility index (Phi) is 2.80. The van der Waals surface area contributed by atoms with Gasteiger partial charge in [-0.25, -0.2) is 0 Å². The third-order valence-corrected chi connectivity index (χ3v) is 2.96. The van der Waals surface area contributed by atoms with Crippen LogP contribution in [0.1, 0.15) is 29.6 Å². The zero-order valence-electron chi connectivity index (χ0n) is 7.59. The number of hydrogen-bond acceptors (Lipinski definition) is 1. The molecule has 1 aromatic rings. The summed E-state index contributed by atoms with van der Waals surface area (Å²) in [7, 11) is 0. The lowest BCUT2D eigenvalue weighted by Crippen LogP contribution is -2.00. The van der Waals surface area contributed by atoms with Crippen LogP contribution in [0.4, 0.5) is 0 Å². The van der Waals surface area contributed by atoms with Crippen LogP contribution >= 0.6 is 23.2 Å². The largest absolute Gasteiger partial charge is 0.294 e. The molecule has 74 valence electrons. The van der Waals surface area contributed by atoms with Crippen LogP contribution in [0.15, 0.2) is 18.2 Å². The lowest BCUT2D eigenvalue weighted by molar-refractivity contribution is 0.0976. The molecule has 0 bridgehead atoms. The van der Waals surface area contributed by atoms with Crippen LogP contribution in [0.25, 0.3) is 0 Å². The van der Waals surface area contributed by atoms with Gasteiger partial charge in [-0.3, -0.25) is 4.79 Å². The van der Waals surface area contributed by atoms with E-state index in [1.807, 2.05) is 0 Å². The van der Waals surface area contributed by atoms with Gasteiger partial charge in [0.25, 0.3) is 0 Å². The summed E-state index contributed by atoms with van der Waals surface area (Å²) >= 11 is 11.7. The fourth-order valence-electron chi connectivity index (χ4n) is 1.41. The lowest BCUT2D eigenvalue weighted by atomic mass is 10.1. The summed E-state index contributed by atoms with van der Waals surface area (Å²) in [5, 5.41) is 1.06. The Morgan fingerprint density at radius 3 is 2.71 bits per heavy atom. The van der Waals surface area contributed by atoms with Crippen LogP contribution in [-0.2, 0) is 0 Å². The highest BCUT2D eigenvalue weighted by Crippen LogP contribution is 2.34. The summed E-state index contributed by atoms with van der Waals surface area (Å²) in [6.07, 6.45) is 2.95. The number of rotatable bonds is 3. The maximum absolute atomic E-state index is 11.7. The van der Waals surface area contributed by atoms with Gasteiger partial charge in [-0.05, 0) is 37.0 Å². The minimum Gasteiger partial charge on any atom is -0.294 e. The molecule has 0 amide bonds. The van der Waals surface area contributed by atoms with Crippen LogP contribution in [0.5, 0.6) is 0 Å². The summed E-state index contributed by atoms with van der Waals surface area (Å²) in [4.78, 5) is 11.7. The van der Waals surface area contributed by atoms with Gasteiger partial charge >= 0.3 is 0 Å². The molecule has 1 nitrogen and oxygen atoms in total. The normalized spacial score (nSPS) is 15.6. The van der Waals surface area contributed by atoms with Crippen LogP contribution in [-0.4, -0.2) is 5.78 Å². The number of carbonyl (C=O) groups is 1. The van der Waals surface area contributed by atoms with Gasteiger partial charge in [0.15, 0.2) is 5.78 Å². The summed E-state index contributed by atoms with van der Waals surface area (Å²) in [5.74, 6) is 0.692. The first kappa shape index (κ1) is 10.0. The van der Waals surface area contributed by atoms with E-state index >= 15 is 0 Å². The number of carbonyl (C=O) groups excluding carboxylic acids is 1. The Morgan fingerprint density at radius 1 is 1.36 bits per heavy atom. The molecule has 0 radical (unpaired) electrons. The van der Waals surface area contributed by atoms with Gasteiger partial charge in [-0.1, -0.05) is 23.2 Å². The molecule has 1 aromatic carbocycles. The molecule has 2 rings (SSSR count). The number of Topliss-reactive ketones (excluding diaryl/α,β-unsaturated/α-hetero) is 1. The Labute approximate surface area is 93.0 Å². The first-order valence-corrected chi connectivity index (χ1v) is 5.40. The topological polar surface area (TPSA) is 17.1 Å². The predicted octanol–water partition coefficient (Wildman–Crippen LogP) is 3.98. The number of benzene rings is 1. The number of hydrogen-bond donors (Lipinski definition) is 0. The molecular weight excluding hydrogens is 219 g/mol. The van der Waals surface area contributed by atoms with E-state index < -0.39 is 0 Å². The van der Waals surface area contributed by atoms with E-state index in [2.05, 4.69) is 0 Å². The fraction of sp³-hybridized carbons (Fsp3) is 0.364. The molecule has 1 aliphatic rings. The van der Waals surface area contributed by atoms with Crippen LogP contribution in [0, 0.1) is 5.92 Å². The third kappa shape index (κ3) is 2.28. The van der Waals surface area contributed by atoms with Crippen molar-refractivity contribution in [2.45, 2.75) is 19.3 Å². The van der Waals surface area contributed by atoms with Crippen molar-refractivity contribution in [1.82, 2.24) is 0 Å². The lowest BCUT2D eigenvalue weighted by Gasteiger charge is -2.02. The zero-order chi connectivity index (χ0) is 10.1. The average Bonchev–Trinajstić information content (AvgIpc) is 2.93. The van der Waals surface area contributed by atoms with Crippen molar-refractivity contribution in [2.24, 2.45) is 5.92 Å². The minimum atomic E-state index is 0.111.